The van der Waals surface area contributed by atoms with Crippen LogP contribution in [-0.4, -0.2) is 29.9 Å². The average Bonchev–Trinajstić information content (AvgIpc) is 2.02. The molecule has 0 aliphatic heterocycles. The molecule has 1 nitrogen and oxygen atoms in total. The average molecular weight is 204 g/mol. The summed E-state index contributed by atoms with van der Waals surface area (Å²) in [6.07, 6.45) is 0. The molecule has 0 aromatic rings. The Bertz CT molecular complexity index is 152. The van der Waals surface area contributed by atoms with Crippen molar-refractivity contribution >= 4 is 11.6 Å². The lowest BCUT2D eigenvalue weighted by atomic mass is 10.1. The van der Waals surface area contributed by atoms with Crippen LogP contribution < -0.4 is 0 Å². The SMILES string of the molecule is C=C(CCl)CN(CC(C)C)C(C)C. The number of hydrogen-bond acceptors (Lipinski definition) is 1. The summed E-state index contributed by atoms with van der Waals surface area (Å²) in [6.45, 7) is 14.9. The Hall–Kier alpha value is -0.0100. The van der Waals surface area contributed by atoms with Gasteiger partial charge in [0, 0.05) is 25.0 Å². The lowest BCUT2D eigenvalue weighted by Crippen LogP contribution is -2.35. The molecule has 0 bridgehead atoms. The quantitative estimate of drug-likeness (QED) is 0.474. The van der Waals surface area contributed by atoms with Gasteiger partial charge in [-0.25, -0.2) is 0 Å². The Morgan fingerprint density at radius 2 is 1.85 bits per heavy atom. The fourth-order valence-corrected chi connectivity index (χ4v) is 1.34. The molecule has 0 amide bonds. The second-order valence-corrected chi connectivity index (χ2v) is 4.57. The van der Waals surface area contributed by atoms with Crippen LogP contribution in [0.2, 0.25) is 0 Å². The van der Waals surface area contributed by atoms with Gasteiger partial charge in [0.25, 0.3) is 0 Å². The van der Waals surface area contributed by atoms with E-state index in [1.165, 1.54) is 0 Å². The second-order valence-electron chi connectivity index (χ2n) is 4.30. The van der Waals surface area contributed by atoms with Gasteiger partial charge in [0.2, 0.25) is 0 Å². The van der Waals surface area contributed by atoms with Gasteiger partial charge in [0.05, 0.1) is 0 Å². The van der Waals surface area contributed by atoms with Gasteiger partial charge >= 0.3 is 0 Å². The third-order valence-electron chi connectivity index (χ3n) is 1.95. The van der Waals surface area contributed by atoms with Crippen molar-refractivity contribution in [2.75, 3.05) is 19.0 Å². The fourth-order valence-electron chi connectivity index (χ4n) is 1.26. The standard InChI is InChI=1S/C11H22ClN/c1-9(2)7-13(10(3)4)8-11(5)6-12/h9-10H,5-8H2,1-4H3. The van der Waals surface area contributed by atoms with Crippen molar-refractivity contribution in [1.29, 1.82) is 0 Å². The van der Waals surface area contributed by atoms with Gasteiger partial charge in [-0.2, -0.15) is 0 Å². The number of rotatable bonds is 6. The molecule has 0 rings (SSSR count). The maximum atomic E-state index is 5.71. The molecule has 0 aromatic carbocycles. The molecule has 0 radical (unpaired) electrons. The third kappa shape index (κ3) is 6.11. The van der Waals surface area contributed by atoms with Gasteiger partial charge in [-0.15, -0.1) is 11.6 Å². The van der Waals surface area contributed by atoms with Gasteiger partial charge in [-0.1, -0.05) is 20.4 Å². The van der Waals surface area contributed by atoms with Crippen molar-refractivity contribution in [3.63, 3.8) is 0 Å². The summed E-state index contributed by atoms with van der Waals surface area (Å²) in [5.74, 6) is 1.27. The predicted molar refractivity (Wildman–Crippen MR) is 61.4 cm³/mol. The molecule has 78 valence electrons. The summed E-state index contributed by atoms with van der Waals surface area (Å²) in [5.41, 5.74) is 1.11. The van der Waals surface area contributed by atoms with E-state index in [0.717, 1.165) is 18.7 Å². The van der Waals surface area contributed by atoms with Crippen LogP contribution in [0.25, 0.3) is 0 Å². The molecule has 13 heavy (non-hydrogen) atoms. The van der Waals surface area contributed by atoms with Crippen molar-refractivity contribution < 1.29 is 0 Å². The minimum absolute atomic E-state index is 0.571. The Labute approximate surface area is 87.8 Å². The van der Waals surface area contributed by atoms with Gasteiger partial charge in [-0.3, -0.25) is 4.90 Å². The number of halogens is 1. The van der Waals surface area contributed by atoms with Crippen LogP contribution in [0.1, 0.15) is 27.7 Å². The van der Waals surface area contributed by atoms with Crippen molar-refractivity contribution in [3.8, 4) is 0 Å². The Kier molecular flexibility index (Phi) is 6.44. The molecule has 0 aliphatic rings. The highest BCUT2D eigenvalue weighted by molar-refractivity contribution is 6.19. The van der Waals surface area contributed by atoms with E-state index in [1.54, 1.807) is 0 Å². The lowest BCUT2D eigenvalue weighted by molar-refractivity contribution is 0.215. The summed E-state index contributed by atoms with van der Waals surface area (Å²) in [6, 6.07) is 0.572. The molecular weight excluding hydrogens is 182 g/mol. The van der Waals surface area contributed by atoms with E-state index in [1.807, 2.05) is 0 Å². The summed E-state index contributed by atoms with van der Waals surface area (Å²) < 4.78 is 0. The van der Waals surface area contributed by atoms with Crippen LogP contribution >= 0.6 is 11.6 Å². The van der Waals surface area contributed by atoms with E-state index < -0.39 is 0 Å². The van der Waals surface area contributed by atoms with Gasteiger partial charge in [0.15, 0.2) is 0 Å². The highest BCUT2D eigenvalue weighted by Crippen LogP contribution is 2.07. The number of hydrogen-bond donors (Lipinski definition) is 0. The zero-order valence-electron chi connectivity index (χ0n) is 9.31. The molecule has 0 fully saturated rings. The van der Waals surface area contributed by atoms with Crippen molar-refractivity contribution in [3.05, 3.63) is 12.2 Å². The number of nitrogens with zero attached hydrogens (tertiary/aromatic N) is 1. The summed E-state index contributed by atoms with van der Waals surface area (Å²) in [4.78, 5) is 2.41. The first-order valence-electron chi connectivity index (χ1n) is 4.94. The summed E-state index contributed by atoms with van der Waals surface area (Å²) >= 11 is 5.71. The minimum Gasteiger partial charge on any atom is -0.297 e. The van der Waals surface area contributed by atoms with E-state index in [2.05, 4.69) is 39.2 Å². The maximum Gasteiger partial charge on any atom is 0.0443 e. The fraction of sp³-hybridized carbons (Fsp3) is 0.818. The summed E-state index contributed by atoms with van der Waals surface area (Å²) in [7, 11) is 0. The predicted octanol–water partition coefficient (Wildman–Crippen LogP) is 3.15. The van der Waals surface area contributed by atoms with Crippen LogP contribution in [0.4, 0.5) is 0 Å². The van der Waals surface area contributed by atoms with Crippen LogP contribution in [0.3, 0.4) is 0 Å². The topological polar surface area (TPSA) is 3.24 Å². The zero-order valence-corrected chi connectivity index (χ0v) is 10.1. The minimum atomic E-state index is 0.571. The molecule has 0 aromatic heterocycles. The molecule has 0 saturated heterocycles. The van der Waals surface area contributed by atoms with Crippen LogP contribution in [0, 0.1) is 5.92 Å². The maximum absolute atomic E-state index is 5.71. The Balaban J connectivity index is 4.02. The molecule has 0 aliphatic carbocycles. The first kappa shape index (κ1) is 13.0. The van der Waals surface area contributed by atoms with Crippen LogP contribution in [0.15, 0.2) is 12.2 Å². The van der Waals surface area contributed by atoms with E-state index in [0.29, 0.717) is 17.8 Å². The zero-order chi connectivity index (χ0) is 10.4. The molecule has 0 N–H and O–H groups in total. The molecule has 0 heterocycles. The molecule has 2 heteroatoms. The van der Waals surface area contributed by atoms with E-state index in [4.69, 9.17) is 11.6 Å². The van der Waals surface area contributed by atoms with Crippen LogP contribution in [0.5, 0.6) is 0 Å². The first-order valence-corrected chi connectivity index (χ1v) is 5.47. The Morgan fingerprint density at radius 1 is 1.31 bits per heavy atom. The van der Waals surface area contributed by atoms with Crippen molar-refractivity contribution in [1.82, 2.24) is 4.90 Å². The monoisotopic (exact) mass is 203 g/mol. The highest BCUT2D eigenvalue weighted by atomic mass is 35.5. The van der Waals surface area contributed by atoms with Crippen LogP contribution in [-0.2, 0) is 0 Å². The number of alkyl halides is 1. The van der Waals surface area contributed by atoms with E-state index in [-0.39, 0.29) is 0 Å². The molecule has 0 spiro atoms. The molecule has 0 unspecified atom stereocenters. The largest absolute Gasteiger partial charge is 0.297 e. The lowest BCUT2D eigenvalue weighted by Gasteiger charge is -2.28. The van der Waals surface area contributed by atoms with Crippen molar-refractivity contribution in [2.45, 2.75) is 33.7 Å². The summed E-state index contributed by atoms with van der Waals surface area (Å²) in [5, 5.41) is 0. The molecular formula is C11H22ClN. The van der Waals surface area contributed by atoms with Gasteiger partial charge < -0.3 is 0 Å². The molecule has 0 saturated carbocycles. The second kappa shape index (κ2) is 6.44. The Morgan fingerprint density at radius 3 is 2.15 bits per heavy atom. The third-order valence-corrected chi connectivity index (χ3v) is 2.32. The van der Waals surface area contributed by atoms with E-state index in [9.17, 15) is 0 Å². The normalized spacial score (nSPS) is 11.7. The first-order chi connectivity index (χ1) is 5.97. The van der Waals surface area contributed by atoms with Crippen molar-refractivity contribution in [2.24, 2.45) is 5.92 Å². The highest BCUT2D eigenvalue weighted by Gasteiger charge is 2.11. The smallest absolute Gasteiger partial charge is 0.0443 e. The molecule has 0 atom stereocenters. The van der Waals surface area contributed by atoms with E-state index >= 15 is 0 Å². The van der Waals surface area contributed by atoms with Gasteiger partial charge in [0.1, 0.15) is 0 Å². The van der Waals surface area contributed by atoms with Gasteiger partial charge in [-0.05, 0) is 25.3 Å².